The molecule has 0 unspecified atom stereocenters. The molecule has 5 heteroatoms. The van der Waals surface area contributed by atoms with E-state index in [1.54, 1.807) is 12.1 Å². The van der Waals surface area contributed by atoms with E-state index in [9.17, 15) is 19.8 Å². The molecule has 0 atom stereocenters. The van der Waals surface area contributed by atoms with Crippen molar-refractivity contribution in [3.8, 4) is 5.75 Å². The molecule has 0 aliphatic heterocycles. The Morgan fingerprint density at radius 1 is 1.11 bits per heavy atom. The van der Waals surface area contributed by atoms with Crippen LogP contribution in [0.2, 0.25) is 0 Å². The zero-order valence-electron chi connectivity index (χ0n) is 10.6. The molecular formula is C14H17NO4. The second kappa shape index (κ2) is 5.30. The van der Waals surface area contributed by atoms with Crippen molar-refractivity contribution in [2.75, 3.05) is 0 Å². The Kier molecular flexibility index (Phi) is 3.74. The second-order valence-corrected chi connectivity index (χ2v) is 4.92. The highest BCUT2D eigenvalue weighted by Gasteiger charge is 2.41. The molecule has 0 spiro atoms. The topological polar surface area (TPSA) is 86.6 Å². The molecule has 0 aromatic heterocycles. The van der Waals surface area contributed by atoms with Crippen LogP contribution >= 0.6 is 0 Å². The van der Waals surface area contributed by atoms with Gasteiger partial charge in [-0.25, -0.2) is 4.79 Å². The molecule has 19 heavy (non-hydrogen) atoms. The minimum Gasteiger partial charge on any atom is -0.507 e. The lowest BCUT2D eigenvalue weighted by molar-refractivity contribution is -0.145. The zero-order valence-corrected chi connectivity index (χ0v) is 10.6. The fraction of sp³-hybridized carbons (Fsp3) is 0.429. The number of aliphatic carboxylic acids is 1. The van der Waals surface area contributed by atoms with Gasteiger partial charge in [-0.2, -0.15) is 0 Å². The number of benzene rings is 1. The van der Waals surface area contributed by atoms with Gasteiger partial charge in [0, 0.05) is 0 Å². The van der Waals surface area contributed by atoms with Gasteiger partial charge in [0.15, 0.2) is 0 Å². The number of carboxylic acids is 1. The third-order valence-electron chi connectivity index (χ3n) is 3.62. The Morgan fingerprint density at radius 3 is 2.32 bits per heavy atom. The number of carbonyl (C=O) groups is 2. The Balaban J connectivity index is 2.20. The molecule has 1 amide bonds. The summed E-state index contributed by atoms with van der Waals surface area (Å²) in [5, 5.41) is 21.6. The Hall–Kier alpha value is -2.04. The molecule has 0 heterocycles. The smallest absolute Gasteiger partial charge is 0.329 e. The number of amides is 1. The highest BCUT2D eigenvalue weighted by Crippen LogP contribution is 2.29. The van der Waals surface area contributed by atoms with Crippen LogP contribution < -0.4 is 5.32 Å². The minimum atomic E-state index is -1.20. The van der Waals surface area contributed by atoms with E-state index < -0.39 is 17.4 Å². The van der Waals surface area contributed by atoms with E-state index in [2.05, 4.69) is 5.32 Å². The van der Waals surface area contributed by atoms with Crippen molar-refractivity contribution in [1.82, 2.24) is 5.32 Å². The van der Waals surface area contributed by atoms with Crippen LogP contribution in [0, 0.1) is 0 Å². The summed E-state index contributed by atoms with van der Waals surface area (Å²) in [6.07, 6.45) is 3.42. The molecule has 1 aromatic rings. The van der Waals surface area contributed by atoms with Gasteiger partial charge in [0.25, 0.3) is 5.91 Å². The van der Waals surface area contributed by atoms with Gasteiger partial charge in [0.2, 0.25) is 0 Å². The largest absolute Gasteiger partial charge is 0.507 e. The van der Waals surface area contributed by atoms with Crippen molar-refractivity contribution >= 4 is 11.9 Å². The number of phenolic OH excluding ortho intramolecular Hbond substituents is 1. The van der Waals surface area contributed by atoms with Gasteiger partial charge in [-0.3, -0.25) is 4.79 Å². The fourth-order valence-corrected chi connectivity index (χ4v) is 2.50. The number of hydrogen-bond acceptors (Lipinski definition) is 3. The number of aromatic hydroxyl groups is 1. The summed E-state index contributed by atoms with van der Waals surface area (Å²) in [4.78, 5) is 23.6. The summed E-state index contributed by atoms with van der Waals surface area (Å²) in [5.74, 6) is -1.69. The summed E-state index contributed by atoms with van der Waals surface area (Å²) in [7, 11) is 0. The normalized spacial score (nSPS) is 17.7. The van der Waals surface area contributed by atoms with E-state index in [1.165, 1.54) is 12.1 Å². The van der Waals surface area contributed by atoms with E-state index in [-0.39, 0.29) is 11.3 Å². The monoisotopic (exact) mass is 263 g/mol. The predicted molar refractivity (Wildman–Crippen MR) is 69.0 cm³/mol. The van der Waals surface area contributed by atoms with Gasteiger partial charge in [0.05, 0.1) is 5.56 Å². The highest BCUT2D eigenvalue weighted by atomic mass is 16.4. The number of rotatable bonds is 3. The third kappa shape index (κ3) is 2.70. The maximum absolute atomic E-state index is 12.1. The molecule has 0 radical (unpaired) electrons. The van der Waals surface area contributed by atoms with Crippen LogP contribution in [-0.4, -0.2) is 27.6 Å². The van der Waals surface area contributed by atoms with Gasteiger partial charge in [-0.15, -0.1) is 0 Å². The lowest BCUT2D eigenvalue weighted by atomic mass is 9.81. The number of para-hydroxylation sites is 1. The molecule has 5 nitrogen and oxygen atoms in total. The van der Waals surface area contributed by atoms with E-state index in [0.717, 1.165) is 19.3 Å². The van der Waals surface area contributed by atoms with Gasteiger partial charge in [-0.1, -0.05) is 31.4 Å². The number of carboxylic acid groups (broad SMARTS) is 1. The molecule has 1 saturated carbocycles. The molecule has 0 bridgehead atoms. The van der Waals surface area contributed by atoms with Gasteiger partial charge in [-0.05, 0) is 25.0 Å². The Labute approximate surface area is 111 Å². The fourth-order valence-electron chi connectivity index (χ4n) is 2.50. The standard InChI is InChI=1S/C14H17NO4/c16-11-7-3-2-6-10(11)12(17)15-14(13(18)19)8-4-1-5-9-14/h2-3,6-7,16H,1,4-5,8-9H2,(H,15,17)(H,18,19). The average molecular weight is 263 g/mol. The molecule has 1 aliphatic rings. The van der Waals surface area contributed by atoms with Gasteiger partial charge < -0.3 is 15.5 Å². The summed E-state index contributed by atoms with van der Waals surface area (Å²) in [6, 6.07) is 6.12. The van der Waals surface area contributed by atoms with E-state index in [1.807, 2.05) is 0 Å². The quantitative estimate of drug-likeness (QED) is 0.777. The number of carbonyl (C=O) groups excluding carboxylic acids is 1. The summed E-state index contributed by atoms with van der Waals surface area (Å²) in [6.45, 7) is 0. The molecule has 1 aromatic carbocycles. The van der Waals surface area contributed by atoms with Crippen LogP contribution in [0.5, 0.6) is 5.75 Å². The second-order valence-electron chi connectivity index (χ2n) is 4.92. The van der Waals surface area contributed by atoms with Crippen molar-refractivity contribution < 1.29 is 19.8 Å². The lowest BCUT2D eigenvalue weighted by Crippen LogP contribution is -2.55. The van der Waals surface area contributed by atoms with E-state index in [0.29, 0.717) is 12.8 Å². The summed E-state index contributed by atoms with van der Waals surface area (Å²) in [5.41, 5.74) is -1.09. The third-order valence-corrected chi connectivity index (χ3v) is 3.62. The minimum absolute atomic E-state index is 0.105. The first kappa shape index (κ1) is 13.4. The molecule has 1 aliphatic carbocycles. The first-order valence-electron chi connectivity index (χ1n) is 6.39. The SMILES string of the molecule is O=C(NC1(C(=O)O)CCCCC1)c1ccccc1O. The molecule has 102 valence electrons. The van der Waals surface area contributed by atoms with Crippen LogP contribution in [0.15, 0.2) is 24.3 Å². The van der Waals surface area contributed by atoms with Gasteiger partial charge in [0.1, 0.15) is 11.3 Å². The van der Waals surface area contributed by atoms with Crippen molar-refractivity contribution in [2.45, 2.75) is 37.6 Å². The van der Waals surface area contributed by atoms with Crippen LogP contribution in [0.1, 0.15) is 42.5 Å². The molecule has 2 rings (SSSR count). The maximum atomic E-state index is 12.1. The average Bonchev–Trinajstić information content (AvgIpc) is 2.40. The van der Waals surface area contributed by atoms with E-state index in [4.69, 9.17) is 0 Å². The molecular weight excluding hydrogens is 246 g/mol. The first-order chi connectivity index (χ1) is 9.05. The van der Waals surface area contributed by atoms with Crippen molar-refractivity contribution in [1.29, 1.82) is 0 Å². The van der Waals surface area contributed by atoms with Crippen LogP contribution in [-0.2, 0) is 4.79 Å². The highest BCUT2D eigenvalue weighted by molar-refractivity contribution is 5.99. The van der Waals surface area contributed by atoms with Crippen molar-refractivity contribution in [3.05, 3.63) is 29.8 Å². The number of nitrogens with one attached hydrogen (secondary N) is 1. The van der Waals surface area contributed by atoms with Crippen LogP contribution in [0.3, 0.4) is 0 Å². The Bertz CT molecular complexity index is 492. The van der Waals surface area contributed by atoms with Crippen molar-refractivity contribution in [2.24, 2.45) is 0 Å². The molecule has 3 N–H and O–H groups in total. The first-order valence-corrected chi connectivity index (χ1v) is 6.39. The lowest BCUT2D eigenvalue weighted by Gasteiger charge is -2.34. The molecule has 0 saturated heterocycles. The maximum Gasteiger partial charge on any atom is 0.329 e. The van der Waals surface area contributed by atoms with Gasteiger partial charge >= 0.3 is 5.97 Å². The van der Waals surface area contributed by atoms with Crippen LogP contribution in [0.25, 0.3) is 0 Å². The van der Waals surface area contributed by atoms with Crippen molar-refractivity contribution in [3.63, 3.8) is 0 Å². The number of phenols is 1. The van der Waals surface area contributed by atoms with E-state index >= 15 is 0 Å². The molecule has 1 fully saturated rings. The zero-order chi connectivity index (χ0) is 13.9. The number of hydrogen-bond donors (Lipinski definition) is 3. The summed E-state index contributed by atoms with van der Waals surface area (Å²) < 4.78 is 0. The van der Waals surface area contributed by atoms with Crippen LogP contribution in [0.4, 0.5) is 0 Å². The Morgan fingerprint density at radius 2 is 1.74 bits per heavy atom. The predicted octanol–water partition coefficient (Wildman–Crippen LogP) is 1.91. The summed E-state index contributed by atoms with van der Waals surface area (Å²) >= 11 is 0.